The van der Waals surface area contributed by atoms with Crippen molar-refractivity contribution in [1.82, 2.24) is 9.78 Å². The summed E-state index contributed by atoms with van der Waals surface area (Å²) < 4.78 is 1.71. The molecule has 0 unspecified atom stereocenters. The Kier molecular flexibility index (Phi) is 4.99. The first kappa shape index (κ1) is 18.0. The molecule has 12 heteroatoms. The summed E-state index contributed by atoms with van der Waals surface area (Å²) in [5.41, 5.74) is -0.511. The predicted octanol–water partition coefficient (Wildman–Crippen LogP) is 3.32. The van der Waals surface area contributed by atoms with Gasteiger partial charge >= 0.3 is 5.69 Å². The molecule has 0 aliphatic rings. The van der Waals surface area contributed by atoms with Crippen molar-refractivity contribution in [2.24, 2.45) is 7.05 Å². The second kappa shape index (κ2) is 6.65. The fourth-order valence-electron chi connectivity index (χ4n) is 1.93. The van der Waals surface area contributed by atoms with Crippen LogP contribution in [0.5, 0.6) is 0 Å². The number of anilines is 1. The van der Waals surface area contributed by atoms with Gasteiger partial charge in [-0.1, -0.05) is 0 Å². The van der Waals surface area contributed by atoms with Gasteiger partial charge in [-0.15, -0.1) is 0 Å². The molecule has 24 heavy (non-hydrogen) atoms. The molecule has 2 aromatic rings. The Hall–Kier alpha value is -2.34. The number of amides is 1. The molecule has 0 atom stereocenters. The fourth-order valence-corrected chi connectivity index (χ4v) is 3.29. The summed E-state index contributed by atoms with van der Waals surface area (Å²) in [5.74, 6) is -0.805. The number of benzene rings is 1. The molecule has 0 saturated carbocycles. The van der Waals surface area contributed by atoms with Crippen molar-refractivity contribution in [1.29, 1.82) is 0 Å². The number of nitro groups is 2. The molecule has 1 aromatic heterocycles. The number of carbonyl (C=O) groups excluding carboxylic acids is 1. The molecule has 1 aromatic carbocycles. The van der Waals surface area contributed by atoms with Crippen LogP contribution in [-0.4, -0.2) is 25.5 Å². The van der Waals surface area contributed by atoms with Crippen molar-refractivity contribution >= 4 is 54.8 Å². The van der Waals surface area contributed by atoms with E-state index >= 15 is 0 Å². The van der Waals surface area contributed by atoms with E-state index in [1.165, 1.54) is 30.8 Å². The van der Waals surface area contributed by atoms with Crippen molar-refractivity contribution in [2.75, 3.05) is 5.32 Å². The maximum atomic E-state index is 12.4. The quantitative estimate of drug-likeness (QED) is 0.547. The number of carbonyl (C=O) groups is 1. The van der Waals surface area contributed by atoms with Gasteiger partial charge in [-0.25, -0.2) is 0 Å². The van der Waals surface area contributed by atoms with E-state index < -0.39 is 21.4 Å². The molecule has 0 fully saturated rings. The van der Waals surface area contributed by atoms with E-state index in [2.05, 4.69) is 42.3 Å². The molecule has 1 amide bonds. The molecule has 1 heterocycles. The molecule has 0 saturated heterocycles. The van der Waals surface area contributed by atoms with Gasteiger partial charge in [0, 0.05) is 28.1 Å². The summed E-state index contributed by atoms with van der Waals surface area (Å²) in [5, 5.41) is 28.3. The summed E-state index contributed by atoms with van der Waals surface area (Å²) in [6.07, 6.45) is 0. The highest BCUT2D eigenvalue weighted by Gasteiger charge is 2.29. The Labute approximate surface area is 151 Å². The third-order valence-corrected chi connectivity index (χ3v) is 4.43. The smallest absolute Gasteiger partial charge is 0.318 e. The van der Waals surface area contributed by atoms with Crippen molar-refractivity contribution in [3.63, 3.8) is 0 Å². The number of aryl methyl sites for hydroxylation is 1. The number of non-ortho nitro benzene ring substituents is 1. The summed E-state index contributed by atoms with van der Waals surface area (Å²) in [6.45, 7) is 1.47. The Bertz CT molecular complexity index is 856. The van der Waals surface area contributed by atoms with Crippen LogP contribution < -0.4 is 5.32 Å². The van der Waals surface area contributed by atoms with Crippen molar-refractivity contribution in [3.05, 3.63) is 52.7 Å². The maximum absolute atomic E-state index is 12.4. The molecule has 10 nitrogen and oxygen atoms in total. The Morgan fingerprint density at radius 3 is 2.21 bits per heavy atom. The van der Waals surface area contributed by atoms with Crippen LogP contribution >= 0.6 is 31.9 Å². The Morgan fingerprint density at radius 2 is 1.75 bits per heavy atom. The summed E-state index contributed by atoms with van der Waals surface area (Å²) in [7, 11) is 1.48. The average molecular weight is 463 g/mol. The van der Waals surface area contributed by atoms with E-state index in [1.54, 1.807) is 0 Å². The van der Waals surface area contributed by atoms with Gasteiger partial charge in [-0.3, -0.25) is 29.7 Å². The SMILES string of the molecule is Cc1c([N+](=O)[O-])c(C(=O)Nc2c(Br)cc([N+](=O)[O-])cc2Br)nn1C. The largest absolute Gasteiger partial charge is 0.322 e. The highest BCUT2D eigenvalue weighted by atomic mass is 79.9. The molecule has 2 rings (SSSR count). The van der Waals surface area contributed by atoms with Crippen molar-refractivity contribution in [3.8, 4) is 0 Å². The number of nitrogens with one attached hydrogen (secondary N) is 1. The third kappa shape index (κ3) is 3.28. The van der Waals surface area contributed by atoms with Crippen LogP contribution in [0.2, 0.25) is 0 Å². The minimum absolute atomic E-state index is 0.189. The van der Waals surface area contributed by atoms with Crippen LogP contribution in [0.15, 0.2) is 21.1 Å². The molecule has 0 bridgehead atoms. The molecular formula is C12H9Br2N5O5. The van der Waals surface area contributed by atoms with Gasteiger partial charge < -0.3 is 5.32 Å². The number of rotatable bonds is 4. The molecule has 0 aliphatic heterocycles. The van der Waals surface area contributed by atoms with Gasteiger partial charge in [0.2, 0.25) is 5.69 Å². The van der Waals surface area contributed by atoms with Gasteiger partial charge in [0.1, 0.15) is 5.69 Å². The van der Waals surface area contributed by atoms with E-state index in [0.717, 1.165) is 0 Å². The number of halogens is 2. The molecule has 0 aliphatic carbocycles. The number of hydrogen-bond acceptors (Lipinski definition) is 6. The average Bonchev–Trinajstić information content (AvgIpc) is 2.78. The monoisotopic (exact) mass is 461 g/mol. The van der Waals surface area contributed by atoms with Gasteiger partial charge in [-0.05, 0) is 38.8 Å². The number of hydrogen-bond donors (Lipinski definition) is 1. The molecule has 126 valence electrons. The van der Waals surface area contributed by atoms with E-state index in [1.807, 2.05) is 0 Å². The van der Waals surface area contributed by atoms with Crippen LogP contribution in [0.4, 0.5) is 17.1 Å². The summed E-state index contributed by atoms with van der Waals surface area (Å²) in [4.78, 5) is 33.0. The second-order valence-corrected chi connectivity index (χ2v) is 6.37. The predicted molar refractivity (Wildman–Crippen MR) is 91.0 cm³/mol. The van der Waals surface area contributed by atoms with E-state index in [9.17, 15) is 25.0 Å². The minimum atomic E-state index is -0.805. The van der Waals surface area contributed by atoms with E-state index in [-0.39, 0.29) is 31.7 Å². The zero-order chi connectivity index (χ0) is 18.2. The van der Waals surface area contributed by atoms with Crippen LogP contribution in [0.25, 0.3) is 0 Å². The lowest BCUT2D eigenvalue weighted by atomic mass is 10.2. The van der Waals surface area contributed by atoms with E-state index in [0.29, 0.717) is 0 Å². The van der Waals surface area contributed by atoms with Gasteiger partial charge in [0.25, 0.3) is 11.6 Å². The maximum Gasteiger partial charge on any atom is 0.322 e. The molecule has 1 N–H and O–H groups in total. The highest BCUT2D eigenvalue weighted by molar-refractivity contribution is 9.11. The number of nitro benzene ring substituents is 1. The van der Waals surface area contributed by atoms with Gasteiger partial charge in [-0.2, -0.15) is 5.10 Å². The van der Waals surface area contributed by atoms with E-state index in [4.69, 9.17) is 0 Å². The number of nitrogens with zero attached hydrogens (tertiary/aromatic N) is 4. The first-order chi connectivity index (χ1) is 11.1. The fraction of sp³-hybridized carbons (Fsp3) is 0.167. The molecule has 0 radical (unpaired) electrons. The second-order valence-electron chi connectivity index (χ2n) is 4.66. The lowest BCUT2D eigenvalue weighted by Crippen LogP contribution is -2.15. The number of aromatic nitrogens is 2. The normalized spacial score (nSPS) is 10.5. The molecule has 0 spiro atoms. The van der Waals surface area contributed by atoms with Crippen molar-refractivity contribution < 1.29 is 14.6 Å². The summed E-state index contributed by atoms with van der Waals surface area (Å²) >= 11 is 6.25. The first-order valence-electron chi connectivity index (χ1n) is 6.26. The zero-order valence-corrected chi connectivity index (χ0v) is 15.4. The topological polar surface area (TPSA) is 133 Å². The van der Waals surface area contributed by atoms with Crippen molar-refractivity contribution in [2.45, 2.75) is 6.92 Å². The van der Waals surface area contributed by atoms with Crippen LogP contribution in [-0.2, 0) is 7.05 Å². The Morgan fingerprint density at radius 1 is 1.21 bits per heavy atom. The van der Waals surface area contributed by atoms with Crippen LogP contribution in [0.1, 0.15) is 16.2 Å². The van der Waals surface area contributed by atoms with Gasteiger partial charge in [0.15, 0.2) is 0 Å². The van der Waals surface area contributed by atoms with Crippen LogP contribution in [0, 0.1) is 27.2 Å². The third-order valence-electron chi connectivity index (χ3n) is 3.18. The molecular weight excluding hydrogens is 454 g/mol. The highest BCUT2D eigenvalue weighted by Crippen LogP contribution is 2.36. The van der Waals surface area contributed by atoms with Crippen LogP contribution in [0.3, 0.4) is 0 Å². The standard InChI is InChI=1S/C12H9Br2N5O5/c1-5-11(19(23)24)10(16-17(5)2)12(20)15-9-7(13)3-6(18(21)22)4-8(9)14/h3-4H,1-2H3,(H,15,20). The zero-order valence-electron chi connectivity index (χ0n) is 12.2. The minimum Gasteiger partial charge on any atom is -0.318 e. The first-order valence-corrected chi connectivity index (χ1v) is 7.84. The lowest BCUT2D eigenvalue weighted by molar-refractivity contribution is -0.385. The lowest BCUT2D eigenvalue weighted by Gasteiger charge is -2.08. The van der Waals surface area contributed by atoms with Gasteiger partial charge in [0.05, 0.1) is 15.5 Å². The Balaban J connectivity index is 2.43. The summed E-state index contributed by atoms with van der Waals surface area (Å²) in [6, 6.07) is 2.41.